The summed E-state index contributed by atoms with van der Waals surface area (Å²) < 4.78 is 25.0. The number of Topliss-reactive ketones (excluding diaryl/α,β-unsaturated/α-hetero) is 1. The Morgan fingerprint density at radius 2 is 2.06 bits per heavy atom. The molecule has 0 N–H and O–H groups in total. The molecule has 0 amide bonds. The van der Waals surface area contributed by atoms with Crippen LogP contribution >= 0.6 is 0 Å². The molecular weight excluding hydrogens is 227 g/mol. The molecule has 0 aliphatic rings. The van der Waals surface area contributed by atoms with Crippen LogP contribution < -0.4 is 0 Å². The molecule has 1 aromatic carbocycles. The monoisotopic (exact) mass is 242 g/mol. The third-order valence-corrected chi connectivity index (χ3v) is 3.89. The van der Waals surface area contributed by atoms with Crippen molar-refractivity contribution in [3.63, 3.8) is 0 Å². The predicted octanol–water partition coefficient (Wildman–Crippen LogP) is 2.55. The maximum absolute atomic E-state index is 13.3. The van der Waals surface area contributed by atoms with E-state index < -0.39 is 16.6 Å². The van der Waals surface area contributed by atoms with Crippen LogP contribution in [0.25, 0.3) is 0 Å². The van der Waals surface area contributed by atoms with E-state index in [4.69, 9.17) is 0 Å². The Morgan fingerprint density at radius 3 is 2.62 bits per heavy atom. The zero-order valence-corrected chi connectivity index (χ0v) is 10.2. The fourth-order valence-electron chi connectivity index (χ4n) is 1.21. The Bertz CT molecular complexity index is 404. The van der Waals surface area contributed by atoms with Crippen molar-refractivity contribution in [2.45, 2.75) is 25.2 Å². The lowest BCUT2D eigenvalue weighted by Crippen LogP contribution is -2.18. The van der Waals surface area contributed by atoms with Gasteiger partial charge in [-0.15, -0.1) is 0 Å². The van der Waals surface area contributed by atoms with E-state index in [2.05, 4.69) is 0 Å². The number of rotatable bonds is 5. The number of hydrogen-bond acceptors (Lipinski definition) is 2. The summed E-state index contributed by atoms with van der Waals surface area (Å²) in [7, 11) is -1.57. The third-order valence-electron chi connectivity index (χ3n) is 2.52. The molecule has 16 heavy (non-hydrogen) atoms. The normalized spacial score (nSPS) is 14.4. The number of carbonyl (C=O) groups excluding carboxylic acids is 1. The Labute approximate surface area is 97.3 Å². The molecular formula is C12H15FO2S. The molecule has 0 heterocycles. The van der Waals surface area contributed by atoms with Crippen molar-refractivity contribution in [3.8, 4) is 0 Å². The Hall–Kier alpha value is -1.03. The Balaban J connectivity index is 2.74. The molecule has 0 spiro atoms. The number of benzene rings is 1. The highest BCUT2D eigenvalue weighted by atomic mass is 32.2. The van der Waals surface area contributed by atoms with Gasteiger partial charge in [0, 0.05) is 5.92 Å². The quantitative estimate of drug-likeness (QED) is 0.795. The lowest BCUT2D eigenvalue weighted by molar-refractivity contribution is -0.119. The summed E-state index contributed by atoms with van der Waals surface area (Å²) in [5.74, 6) is -0.812. The van der Waals surface area contributed by atoms with Crippen LogP contribution in [0.2, 0.25) is 0 Å². The molecule has 2 atom stereocenters. The molecule has 0 bridgehead atoms. The molecule has 0 aromatic heterocycles. The van der Waals surface area contributed by atoms with E-state index in [0.717, 1.165) is 0 Å². The van der Waals surface area contributed by atoms with Gasteiger partial charge in [-0.1, -0.05) is 26.0 Å². The summed E-state index contributed by atoms with van der Waals surface area (Å²) in [5, 5.41) is 0. The van der Waals surface area contributed by atoms with Crippen molar-refractivity contribution in [1.82, 2.24) is 0 Å². The summed E-state index contributed by atoms with van der Waals surface area (Å²) in [4.78, 5) is 11.7. The first-order valence-electron chi connectivity index (χ1n) is 5.21. The molecule has 0 aliphatic carbocycles. The molecule has 0 saturated carbocycles. The standard InChI is InChI=1S/C12H15FO2S/c1-3-9(2)11(14)8-16(15)12-7-5-4-6-10(12)13/h4-7,9H,3,8H2,1-2H3. The van der Waals surface area contributed by atoms with Crippen molar-refractivity contribution >= 4 is 16.6 Å². The van der Waals surface area contributed by atoms with Gasteiger partial charge in [0.25, 0.3) is 0 Å². The Morgan fingerprint density at radius 1 is 1.44 bits per heavy atom. The van der Waals surface area contributed by atoms with Crippen LogP contribution in [0, 0.1) is 11.7 Å². The maximum atomic E-state index is 13.3. The molecule has 1 rings (SSSR count). The number of hydrogen-bond donors (Lipinski definition) is 0. The first-order chi connectivity index (χ1) is 7.56. The fourth-order valence-corrected chi connectivity index (χ4v) is 2.42. The van der Waals surface area contributed by atoms with Gasteiger partial charge in [-0.3, -0.25) is 9.00 Å². The second-order valence-corrected chi connectivity index (χ2v) is 5.12. The van der Waals surface area contributed by atoms with E-state index in [1.807, 2.05) is 6.92 Å². The lowest BCUT2D eigenvalue weighted by atomic mass is 10.1. The fraction of sp³-hybridized carbons (Fsp3) is 0.417. The minimum absolute atomic E-state index is 0.0795. The first-order valence-corrected chi connectivity index (χ1v) is 6.53. The molecule has 4 heteroatoms. The lowest BCUT2D eigenvalue weighted by Gasteiger charge is -2.07. The smallest absolute Gasteiger partial charge is 0.148 e. The van der Waals surface area contributed by atoms with Crippen LogP contribution in [-0.4, -0.2) is 15.7 Å². The molecule has 88 valence electrons. The molecule has 0 fully saturated rings. The van der Waals surface area contributed by atoms with Gasteiger partial charge in [0.2, 0.25) is 0 Å². The van der Waals surface area contributed by atoms with Gasteiger partial charge >= 0.3 is 0 Å². The predicted molar refractivity (Wildman–Crippen MR) is 62.1 cm³/mol. The number of halogens is 1. The SMILES string of the molecule is CCC(C)C(=O)CS(=O)c1ccccc1F. The Kier molecular flexibility index (Phi) is 4.80. The van der Waals surface area contributed by atoms with Crippen molar-refractivity contribution in [2.24, 2.45) is 5.92 Å². The van der Waals surface area contributed by atoms with Gasteiger partial charge in [0.1, 0.15) is 11.6 Å². The molecule has 2 unspecified atom stereocenters. The van der Waals surface area contributed by atoms with E-state index in [1.54, 1.807) is 13.0 Å². The summed E-state index contributed by atoms with van der Waals surface area (Å²) >= 11 is 0. The molecule has 1 aromatic rings. The average Bonchev–Trinajstić information content (AvgIpc) is 2.28. The van der Waals surface area contributed by atoms with Crippen LogP contribution in [0.15, 0.2) is 29.2 Å². The van der Waals surface area contributed by atoms with E-state index in [0.29, 0.717) is 6.42 Å². The van der Waals surface area contributed by atoms with Crippen molar-refractivity contribution in [2.75, 3.05) is 5.75 Å². The van der Waals surface area contributed by atoms with E-state index >= 15 is 0 Å². The van der Waals surface area contributed by atoms with Gasteiger partial charge in [-0.05, 0) is 18.6 Å². The highest BCUT2D eigenvalue weighted by Gasteiger charge is 2.17. The van der Waals surface area contributed by atoms with Crippen LogP contribution in [0.4, 0.5) is 4.39 Å². The summed E-state index contributed by atoms with van der Waals surface area (Å²) in [6, 6.07) is 5.85. The number of carbonyl (C=O) groups is 1. The van der Waals surface area contributed by atoms with Crippen LogP contribution in [0.1, 0.15) is 20.3 Å². The second-order valence-electron chi connectivity index (χ2n) is 3.70. The van der Waals surface area contributed by atoms with Gasteiger partial charge < -0.3 is 0 Å². The maximum Gasteiger partial charge on any atom is 0.148 e. The van der Waals surface area contributed by atoms with Crippen LogP contribution in [-0.2, 0) is 15.6 Å². The van der Waals surface area contributed by atoms with Crippen molar-refractivity contribution in [1.29, 1.82) is 0 Å². The van der Waals surface area contributed by atoms with Crippen molar-refractivity contribution in [3.05, 3.63) is 30.1 Å². The zero-order valence-electron chi connectivity index (χ0n) is 9.40. The van der Waals surface area contributed by atoms with Gasteiger partial charge in [0.05, 0.1) is 21.4 Å². The minimum Gasteiger partial charge on any atom is -0.298 e. The second kappa shape index (κ2) is 5.89. The van der Waals surface area contributed by atoms with Gasteiger partial charge in [-0.25, -0.2) is 4.39 Å². The summed E-state index contributed by atoms with van der Waals surface area (Å²) in [6.07, 6.45) is 0.716. The van der Waals surface area contributed by atoms with Gasteiger partial charge in [0.15, 0.2) is 0 Å². The topological polar surface area (TPSA) is 34.1 Å². The summed E-state index contributed by atoms with van der Waals surface area (Å²) in [6.45, 7) is 3.69. The third kappa shape index (κ3) is 3.23. The summed E-state index contributed by atoms with van der Waals surface area (Å²) in [5.41, 5.74) is 0. The van der Waals surface area contributed by atoms with Crippen LogP contribution in [0.5, 0.6) is 0 Å². The van der Waals surface area contributed by atoms with Crippen LogP contribution in [0.3, 0.4) is 0 Å². The van der Waals surface area contributed by atoms with Crippen molar-refractivity contribution < 1.29 is 13.4 Å². The van der Waals surface area contributed by atoms with Gasteiger partial charge in [-0.2, -0.15) is 0 Å². The first kappa shape index (κ1) is 13.0. The number of ketones is 1. The largest absolute Gasteiger partial charge is 0.298 e. The van der Waals surface area contributed by atoms with E-state index in [-0.39, 0.29) is 22.3 Å². The zero-order chi connectivity index (χ0) is 12.1. The highest BCUT2D eigenvalue weighted by molar-refractivity contribution is 7.85. The molecule has 0 radical (unpaired) electrons. The average molecular weight is 242 g/mol. The minimum atomic E-state index is -1.57. The molecule has 0 aliphatic heterocycles. The van der Waals surface area contributed by atoms with E-state index in [9.17, 15) is 13.4 Å². The molecule has 2 nitrogen and oxygen atoms in total. The highest BCUT2D eigenvalue weighted by Crippen LogP contribution is 2.13. The molecule has 0 saturated heterocycles. The van der Waals surface area contributed by atoms with E-state index in [1.165, 1.54) is 18.2 Å².